The summed E-state index contributed by atoms with van der Waals surface area (Å²) in [5, 5.41) is 13.0. The van der Waals surface area contributed by atoms with Crippen molar-refractivity contribution >= 4 is 33.4 Å². The summed E-state index contributed by atoms with van der Waals surface area (Å²) >= 11 is 9.11. The molecular formula is C15H13BrClNO2. The zero-order valence-corrected chi connectivity index (χ0v) is 13.1. The summed E-state index contributed by atoms with van der Waals surface area (Å²) in [5.41, 5.74) is 1.19. The van der Waals surface area contributed by atoms with Crippen LogP contribution in [0.2, 0.25) is 5.02 Å². The number of carbonyl (C=O) groups excluding carboxylic acids is 1. The van der Waals surface area contributed by atoms with Crippen LogP contribution in [0.4, 0.5) is 0 Å². The number of hydrogen-bond acceptors (Lipinski definition) is 2. The van der Waals surface area contributed by atoms with Crippen LogP contribution in [0.1, 0.15) is 28.9 Å². The SMILES string of the molecule is CC(NC(=O)c1ccc(Cl)cc1O)c1ccc(Br)cc1. The van der Waals surface area contributed by atoms with E-state index < -0.39 is 0 Å². The first kappa shape index (κ1) is 14.9. The van der Waals surface area contributed by atoms with E-state index in [1.165, 1.54) is 12.1 Å². The van der Waals surface area contributed by atoms with Crippen molar-refractivity contribution in [1.29, 1.82) is 0 Å². The van der Waals surface area contributed by atoms with Gasteiger partial charge in [0.15, 0.2) is 0 Å². The number of benzene rings is 2. The molecule has 2 aromatic rings. The normalized spacial score (nSPS) is 11.9. The molecule has 3 nitrogen and oxygen atoms in total. The molecule has 0 radical (unpaired) electrons. The summed E-state index contributed by atoms with van der Waals surface area (Å²) < 4.78 is 0.982. The number of phenolic OH excluding ortho intramolecular Hbond substituents is 1. The van der Waals surface area contributed by atoms with Gasteiger partial charge in [0.05, 0.1) is 11.6 Å². The third kappa shape index (κ3) is 3.52. The van der Waals surface area contributed by atoms with Crippen LogP contribution < -0.4 is 5.32 Å². The third-order valence-corrected chi connectivity index (χ3v) is 3.69. The standard InChI is InChI=1S/C15H13BrClNO2/c1-9(10-2-4-11(16)5-3-10)18-15(20)13-7-6-12(17)8-14(13)19/h2-9,19H,1H3,(H,18,20). The van der Waals surface area contributed by atoms with Crippen molar-refractivity contribution < 1.29 is 9.90 Å². The van der Waals surface area contributed by atoms with Crippen LogP contribution in [0, 0.1) is 0 Å². The summed E-state index contributed by atoms with van der Waals surface area (Å²) in [6.07, 6.45) is 0. The zero-order valence-electron chi connectivity index (χ0n) is 10.7. The minimum Gasteiger partial charge on any atom is -0.507 e. The predicted molar refractivity (Wildman–Crippen MR) is 83.1 cm³/mol. The molecule has 0 aliphatic rings. The fourth-order valence-corrected chi connectivity index (χ4v) is 2.24. The van der Waals surface area contributed by atoms with Gasteiger partial charge in [0.1, 0.15) is 5.75 Å². The first-order valence-electron chi connectivity index (χ1n) is 6.02. The van der Waals surface area contributed by atoms with Crippen LogP contribution in [0.25, 0.3) is 0 Å². The van der Waals surface area contributed by atoms with E-state index >= 15 is 0 Å². The Balaban J connectivity index is 2.13. The number of rotatable bonds is 3. The number of halogens is 2. The van der Waals surface area contributed by atoms with Crippen molar-refractivity contribution in [2.75, 3.05) is 0 Å². The van der Waals surface area contributed by atoms with Crippen LogP contribution in [-0.2, 0) is 0 Å². The molecule has 0 saturated heterocycles. The van der Waals surface area contributed by atoms with Gasteiger partial charge < -0.3 is 10.4 Å². The molecule has 1 amide bonds. The van der Waals surface area contributed by atoms with Crippen LogP contribution in [0.5, 0.6) is 5.75 Å². The lowest BCUT2D eigenvalue weighted by atomic mass is 10.1. The fourth-order valence-electron chi connectivity index (χ4n) is 1.81. The van der Waals surface area contributed by atoms with Crippen LogP contribution >= 0.6 is 27.5 Å². The Morgan fingerprint density at radius 2 is 1.90 bits per heavy atom. The Labute approximate surface area is 130 Å². The molecule has 0 aliphatic carbocycles. The summed E-state index contributed by atoms with van der Waals surface area (Å²) in [7, 11) is 0. The van der Waals surface area contributed by atoms with Crippen molar-refractivity contribution in [3.05, 3.63) is 63.1 Å². The molecule has 2 rings (SSSR count). The maximum absolute atomic E-state index is 12.1. The van der Waals surface area contributed by atoms with Gasteiger partial charge in [0.2, 0.25) is 0 Å². The van der Waals surface area contributed by atoms with Gasteiger partial charge in [-0.25, -0.2) is 0 Å². The van der Waals surface area contributed by atoms with Crippen LogP contribution in [0.3, 0.4) is 0 Å². The lowest BCUT2D eigenvalue weighted by Gasteiger charge is -2.15. The smallest absolute Gasteiger partial charge is 0.255 e. The van der Waals surface area contributed by atoms with E-state index in [4.69, 9.17) is 11.6 Å². The second-order valence-corrected chi connectivity index (χ2v) is 5.76. The number of carbonyl (C=O) groups is 1. The van der Waals surface area contributed by atoms with Gasteiger partial charge in [0, 0.05) is 9.50 Å². The third-order valence-electron chi connectivity index (χ3n) is 2.92. The van der Waals surface area contributed by atoms with E-state index in [0.29, 0.717) is 5.02 Å². The Morgan fingerprint density at radius 3 is 2.50 bits per heavy atom. The topological polar surface area (TPSA) is 49.3 Å². The monoisotopic (exact) mass is 353 g/mol. The molecule has 0 saturated carbocycles. The highest BCUT2D eigenvalue weighted by Crippen LogP contribution is 2.23. The fraction of sp³-hybridized carbons (Fsp3) is 0.133. The Kier molecular flexibility index (Phi) is 4.68. The number of nitrogens with one attached hydrogen (secondary N) is 1. The van der Waals surface area contributed by atoms with E-state index in [1.807, 2.05) is 31.2 Å². The molecule has 0 bridgehead atoms. The summed E-state index contributed by atoms with van der Waals surface area (Å²) in [4.78, 5) is 12.1. The maximum Gasteiger partial charge on any atom is 0.255 e. The van der Waals surface area contributed by atoms with Gasteiger partial charge in [-0.2, -0.15) is 0 Å². The molecule has 2 aromatic carbocycles. The summed E-state index contributed by atoms with van der Waals surface area (Å²) in [6, 6.07) is 11.9. The highest BCUT2D eigenvalue weighted by Gasteiger charge is 2.14. The Hall–Kier alpha value is -1.52. The van der Waals surface area contributed by atoms with Gasteiger partial charge >= 0.3 is 0 Å². The molecule has 0 heterocycles. The highest BCUT2D eigenvalue weighted by atomic mass is 79.9. The van der Waals surface area contributed by atoms with Crippen molar-refractivity contribution in [1.82, 2.24) is 5.32 Å². The van der Waals surface area contributed by atoms with Gasteiger partial charge in [-0.1, -0.05) is 39.7 Å². The molecule has 2 N–H and O–H groups in total. The average molecular weight is 355 g/mol. The molecular weight excluding hydrogens is 342 g/mol. The van der Waals surface area contributed by atoms with Crippen LogP contribution in [0.15, 0.2) is 46.9 Å². The Morgan fingerprint density at radius 1 is 1.25 bits per heavy atom. The van der Waals surface area contributed by atoms with E-state index in [9.17, 15) is 9.90 Å². The first-order chi connectivity index (χ1) is 9.47. The number of hydrogen-bond donors (Lipinski definition) is 2. The quantitative estimate of drug-likeness (QED) is 0.863. The van der Waals surface area contributed by atoms with Crippen molar-refractivity contribution in [2.45, 2.75) is 13.0 Å². The average Bonchev–Trinajstić information content (AvgIpc) is 2.39. The molecule has 1 unspecified atom stereocenters. The van der Waals surface area contributed by atoms with Crippen molar-refractivity contribution in [3.8, 4) is 5.75 Å². The predicted octanol–water partition coefficient (Wildman–Crippen LogP) is 4.30. The molecule has 0 spiro atoms. The summed E-state index contributed by atoms with van der Waals surface area (Å²) in [5.74, 6) is -0.465. The number of aromatic hydroxyl groups is 1. The van der Waals surface area contributed by atoms with Crippen LogP contribution in [-0.4, -0.2) is 11.0 Å². The second kappa shape index (κ2) is 6.29. The van der Waals surface area contributed by atoms with E-state index in [-0.39, 0.29) is 23.3 Å². The molecule has 5 heteroatoms. The van der Waals surface area contributed by atoms with Gasteiger partial charge in [-0.05, 0) is 42.8 Å². The molecule has 20 heavy (non-hydrogen) atoms. The molecule has 104 valence electrons. The largest absolute Gasteiger partial charge is 0.507 e. The summed E-state index contributed by atoms with van der Waals surface area (Å²) in [6.45, 7) is 1.88. The van der Waals surface area contributed by atoms with Gasteiger partial charge in [0.25, 0.3) is 5.91 Å². The zero-order chi connectivity index (χ0) is 14.7. The number of amides is 1. The Bertz CT molecular complexity index is 628. The molecule has 1 atom stereocenters. The minimum atomic E-state index is -0.338. The second-order valence-electron chi connectivity index (χ2n) is 4.41. The van der Waals surface area contributed by atoms with Gasteiger partial charge in [-0.3, -0.25) is 4.79 Å². The lowest BCUT2D eigenvalue weighted by molar-refractivity contribution is 0.0937. The first-order valence-corrected chi connectivity index (χ1v) is 7.19. The van der Waals surface area contributed by atoms with E-state index in [1.54, 1.807) is 6.07 Å². The lowest BCUT2D eigenvalue weighted by Crippen LogP contribution is -2.26. The molecule has 0 fully saturated rings. The van der Waals surface area contributed by atoms with E-state index in [0.717, 1.165) is 10.0 Å². The minimum absolute atomic E-state index is 0.127. The highest BCUT2D eigenvalue weighted by molar-refractivity contribution is 9.10. The number of phenols is 1. The van der Waals surface area contributed by atoms with Gasteiger partial charge in [-0.15, -0.1) is 0 Å². The van der Waals surface area contributed by atoms with Crippen molar-refractivity contribution in [3.63, 3.8) is 0 Å². The molecule has 0 aromatic heterocycles. The maximum atomic E-state index is 12.1. The van der Waals surface area contributed by atoms with Crippen molar-refractivity contribution in [2.24, 2.45) is 0 Å². The molecule has 0 aliphatic heterocycles. The van der Waals surface area contributed by atoms with E-state index in [2.05, 4.69) is 21.2 Å².